The number of carbonyl (C=O) groups excluding carboxylic acids is 3. The van der Waals surface area contributed by atoms with Crippen LogP contribution < -0.4 is 4.74 Å². The molecule has 1 aliphatic carbocycles. The molecule has 2 aliphatic heterocycles. The molecule has 0 spiro atoms. The first kappa shape index (κ1) is 22.4. The average molecular weight is 479 g/mol. The number of methoxy groups -OCH3 is 1. The maximum atomic E-state index is 13.6. The number of amides is 2. The number of Topliss-reactive ketones (excluding diaryl/α,β-unsaturated/α-hetero) is 1. The van der Waals surface area contributed by atoms with Crippen molar-refractivity contribution in [1.82, 2.24) is 9.80 Å². The zero-order valence-corrected chi connectivity index (χ0v) is 20.1. The van der Waals surface area contributed by atoms with Crippen LogP contribution in [0.1, 0.15) is 49.0 Å². The summed E-state index contributed by atoms with van der Waals surface area (Å²) in [6, 6.07) is 20.7. The minimum absolute atomic E-state index is 0.0359. The number of hydrogen-bond donors (Lipinski definition) is 0. The topological polar surface area (TPSA) is 66.9 Å². The van der Waals surface area contributed by atoms with Crippen molar-refractivity contribution >= 4 is 23.2 Å². The Hall–Kier alpha value is -4.03. The fourth-order valence-corrected chi connectivity index (χ4v) is 5.65. The van der Waals surface area contributed by atoms with Crippen LogP contribution in [0.3, 0.4) is 0 Å². The SMILES string of the molecule is COc1ccc2c(c1)C(C(=O)CN1CCc3ccccc3C1CN1C(=O)c3ccccc3C1=O)=CC2. The first-order valence-electron chi connectivity index (χ1n) is 12.2. The van der Waals surface area contributed by atoms with Gasteiger partial charge in [0, 0.05) is 18.7 Å². The largest absolute Gasteiger partial charge is 0.497 e. The second-order valence-corrected chi connectivity index (χ2v) is 9.47. The molecule has 3 aliphatic rings. The summed E-state index contributed by atoms with van der Waals surface area (Å²) in [4.78, 5) is 43.3. The Bertz CT molecular complexity index is 1410. The highest BCUT2D eigenvalue weighted by Crippen LogP contribution is 2.35. The summed E-state index contributed by atoms with van der Waals surface area (Å²) in [6.45, 7) is 1.10. The van der Waals surface area contributed by atoms with Crippen LogP contribution in [-0.4, -0.2) is 54.1 Å². The molecule has 6 nitrogen and oxygen atoms in total. The first-order chi connectivity index (χ1) is 17.5. The van der Waals surface area contributed by atoms with Gasteiger partial charge in [-0.15, -0.1) is 0 Å². The second-order valence-electron chi connectivity index (χ2n) is 9.47. The zero-order chi connectivity index (χ0) is 24.8. The molecule has 0 bridgehead atoms. The van der Waals surface area contributed by atoms with Gasteiger partial charge in [0.1, 0.15) is 5.75 Å². The first-order valence-corrected chi connectivity index (χ1v) is 12.2. The maximum Gasteiger partial charge on any atom is 0.261 e. The molecule has 0 aromatic heterocycles. The highest BCUT2D eigenvalue weighted by atomic mass is 16.5. The van der Waals surface area contributed by atoms with E-state index in [0.717, 1.165) is 35.3 Å². The van der Waals surface area contributed by atoms with Crippen molar-refractivity contribution in [3.8, 4) is 5.75 Å². The van der Waals surface area contributed by atoms with Crippen LogP contribution in [0, 0.1) is 0 Å². The molecule has 2 amide bonds. The van der Waals surface area contributed by atoms with E-state index < -0.39 is 0 Å². The summed E-state index contributed by atoms with van der Waals surface area (Å²) in [6.07, 6.45) is 3.52. The Balaban J connectivity index is 1.29. The van der Waals surface area contributed by atoms with E-state index in [1.54, 1.807) is 31.4 Å². The Morgan fingerprint density at radius 1 is 0.917 bits per heavy atom. The number of allylic oxidation sites excluding steroid dienone is 1. The number of carbonyl (C=O) groups is 3. The third-order valence-corrected chi connectivity index (χ3v) is 7.54. The highest BCUT2D eigenvalue weighted by Gasteiger charge is 2.39. The number of nitrogens with zero attached hydrogens (tertiary/aromatic N) is 2. The van der Waals surface area contributed by atoms with Crippen LogP contribution in [0.2, 0.25) is 0 Å². The summed E-state index contributed by atoms with van der Waals surface area (Å²) in [5.74, 6) is 0.215. The van der Waals surface area contributed by atoms with Gasteiger partial charge in [-0.1, -0.05) is 48.5 Å². The van der Waals surface area contributed by atoms with E-state index in [-0.39, 0.29) is 36.7 Å². The fourth-order valence-electron chi connectivity index (χ4n) is 5.65. The quantitative estimate of drug-likeness (QED) is 0.499. The second kappa shape index (κ2) is 8.88. The van der Waals surface area contributed by atoms with E-state index in [4.69, 9.17) is 4.74 Å². The fraction of sp³-hybridized carbons (Fsp3) is 0.233. The van der Waals surface area contributed by atoms with Gasteiger partial charge < -0.3 is 4.74 Å². The molecule has 0 N–H and O–H groups in total. The van der Waals surface area contributed by atoms with Crippen molar-refractivity contribution in [3.05, 3.63) is 106 Å². The lowest BCUT2D eigenvalue weighted by Gasteiger charge is -2.38. The lowest BCUT2D eigenvalue weighted by atomic mass is 9.91. The number of imide groups is 1. The van der Waals surface area contributed by atoms with Crippen LogP contribution in [-0.2, 0) is 17.6 Å². The van der Waals surface area contributed by atoms with Crippen LogP contribution in [0.15, 0.2) is 72.8 Å². The smallest absolute Gasteiger partial charge is 0.261 e. The maximum absolute atomic E-state index is 13.6. The van der Waals surface area contributed by atoms with Gasteiger partial charge in [0.15, 0.2) is 5.78 Å². The summed E-state index contributed by atoms with van der Waals surface area (Å²) in [7, 11) is 1.62. The molecule has 0 fully saturated rings. The van der Waals surface area contributed by atoms with Crippen molar-refractivity contribution in [1.29, 1.82) is 0 Å². The van der Waals surface area contributed by atoms with Gasteiger partial charge in [0.05, 0.1) is 30.8 Å². The predicted octanol–water partition coefficient (Wildman–Crippen LogP) is 4.10. The number of benzene rings is 3. The number of hydrogen-bond acceptors (Lipinski definition) is 5. The van der Waals surface area contributed by atoms with Crippen molar-refractivity contribution in [2.75, 3.05) is 26.7 Å². The molecule has 0 radical (unpaired) electrons. The molecule has 2 heterocycles. The van der Waals surface area contributed by atoms with Gasteiger partial charge in [-0.25, -0.2) is 0 Å². The van der Waals surface area contributed by atoms with Crippen LogP contribution in [0.25, 0.3) is 5.57 Å². The van der Waals surface area contributed by atoms with Gasteiger partial charge in [0.25, 0.3) is 11.8 Å². The highest BCUT2D eigenvalue weighted by molar-refractivity contribution is 6.23. The molecule has 1 atom stereocenters. The van der Waals surface area contributed by atoms with Crippen molar-refractivity contribution in [3.63, 3.8) is 0 Å². The molecule has 3 aromatic rings. The predicted molar refractivity (Wildman–Crippen MR) is 136 cm³/mol. The summed E-state index contributed by atoms with van der Waals surface area (Å²) >= 11 is 0. The van der Waals surface area contributed by atoms with E-state index in [0.29, 0.717) is 23.2 Å². The van der Waals surface area contributed by atoms with Crippen LogP contribution in [0.4, 0.5) is 0 Å². The Kier molecular flexibility index (Phi) is 5.53. The van der Waals surface area contributed by atoms with Gasteiger partial charge in [-0.2, -0.15) is 0 Å². The lowest BCUT2D eigenvalue weighted by Crippen LogP contribution is -2.45. The van der Waals surface area contributed by atoms with Gasteiger partial charge >= 0.3 is 0 Å². The number of ketones is 1. The zero-order valence-electron chi connectivity index (χ0n) is 20.1. The summed E-state index contributed by atoms with van der Waals surface area (Å²) in [5.41, 5.74) is 5.89. The molecular weight excluding hydrogens is 452 g/mol. The van der Waals surface area contributed by atoms with Crippen molar-refractivity contribution in [2.45, 2.75) is 18.9 Å². The van der Waals surface area contributed by atoms with Crippen molar-refractivity contribution < 1.29 is 19.1 Å². The van der Waals surface area contributed by atoms with E-state index in [1.165, 1.54) is 10.5 Å². The summed E-state index contributed by atoms with van der Waals surface area (Å²) < 4.78 is 5.38. The molecule has 3 aromatic carbocycles. The molecule has 0 saturated carbocycles. The molecule has 6 rings (SSSR count). The van der Waals surface area contributed by atoms with E-state index in [9.17, 15) is 14.4 Å². The van der Waals surface area contributed by atoms with Crippen LogP contribution in [0.5, 0.6) is 5.75 Å². The molecule has 0 saturated heterocycles. The minimum Gasteiger partial charge on any atom is -0.497 e. The van der Waals surface area contributed by atoms with Crippen molar-refractivity contribution in [2.24, 2.45) is 0 Å². The standard InChI is InChI=1S/C30H26N2O4/c1-36-21-12-10-20-11-13-23(26(20)16-21)28(33)18-31-15-14-19-6-2-3-7-22(19)27(31)17-32-29(34)24-8-4-5-9-25(24)30(32)35/h2-10,12-13,16,27H,11,14-15,17-18H2,1H3. The number of fused-ring (bicyclic) bond motifs is 3. The van der Waals surface area contributed by atoms with Gasteiger partial charge in [0.2, 0.25) is 0 Å². The Labute approximate surface area is 209 Å². The van der Waals surface area contributed by atoms with E-state index in [2.05, 4.69) is 11.0 Å². The normalized spacial score (nSPS) is 18.5. The molecule has 180 valence electrons. The van der Waals surface area contributed by atoms with Gasteiger partial charge in [-0.3, -0.25) is 24.2 Å². The van der Waals surface area contributed by atoms with Gasteiger partial charge in [-0.05, 0) is 59.4 Å². The lowest BCUT2D eigenvalue weighted by molar-refractivity contribution is -0.115. The summed E-state index contributed by atoms with van der Waals surface area (Å²) in [5, 5.41) is 0. The monoisotopic (exact) mass is 478 g/mol. The van der Waals surface area contributed by atoms with Crippen LogP contribution >= 0.6 is 0 Å². The molecule has 1 unspecified atom stereocenters. The minimum atomic E-state index is -0.274. The van der Waals surface area contributed by atoms with E-state index in [1.807, 2.05) is 42.5 Å². The Morgan fingerprint density at radius 3 is 2.39 bits per heavy atom. The third kappa shape index (κ3) is 3.65. The Morgan fingerprint density at radius 2 is 1.64 bits per heavy atom. The molecule has 6 heteroatoms. The molecular formula is C30H26N2O4. The number of ether oxygens (including phenoxy) is 1. The number of rotatable bonds is 6. The average Bonchev–Trinajstić information content (AvgIpc) is 3.44. The molecule has 36 heavy (non-hydrogen) atoms. The third-order valence-electron chi connectivity index (χ3n) is 7.54. The van der Waals surface area contributed by atoms with E-state index >= 15 is 0 Å².